The summed E-state index contributed by atoms with van der Waals surface area (Å²) in [5.41, 5.74) is 1.97. The van der Waals surface area contributed by atoms with Gasteiger partial charge in [0, 0.05) is 0 Å². The van der Waals surface area contributed by atoms with E-state index in [0.29, 0.717) is 6.42 Å². The molecule has 1 unspecified atom stereocenters. The summed E-state index contributed by atoms with van der Waals surface area (Å²) >= 11 is 0. The Morgan fingerprint density at radius 1 is 1.60 bits per heavy atom. The van der Waals surface area contributed by atoms with Crippen molar-refractivity contribution in [2.75, 3.05) is 0 Å². The van der Waals surface area contributed by atoms with Gasteiger partial charge in [0.2, 0.25) is 0 Å². The number of rotatable bonds is 5. The molecule has 0 radical (unpaired) electrons. The van der Waals surface area contributed by atoms with E-state index in [-0.39, 0.29) is 0 Å². The van der Waals surface area contributed by atoms with Gasteiger partial charge in [0.15, 0.2) is 0 Å². The second-order valence-electron chi connectivity index (χ2n) is 3.67. The van der Waals surface area contributed by atoms with E-state index in [1.807, 2.05) is 31.2 Å². The fraction of sp³-hybridized carbons (Fsp3) is 0.308. The Morgan fingerprint density at radius 2 is 2.33 bits per heavy atom. The predicted octanol–water partition coefficient (Wildman–Crippen LogP) is 3.13. The van der Waals surface area contributed by atoms with E-state index < -0.39 is 11.9 Å². The second kappa shape index (κ2) is 5.35. The van der Waals surface area contributed by atoms with Crippen LogP contribution in [0.4, 0.5) is 0 Å². The highest BCUT2D eigenvalue weighted by molar-refractivity contribution is 5.76. The summed E-state index contributed by atoms with van der Waals surface area (Å²) < 4.78 is 0. The van der Waals surface area contributed by atoms with Gasteiger partial charge in [-0.2, -0.15) is 0 Å². The Labute approximate surface area is 90.3 Å². The van der Waals surface area contributed by atoms with Crippen molar-refractivity contribution < 1.29 is 9.90 Å². The lowest BCUT2D eigenvalue weighted by Crippen LogP contribution is -2.11. The van der Waals surface area contributed by atoms with Crippen LogP contribution in [-0.2, 0) is 4.79 Å². The molecular weight excluding hydrogens is 188 g/mol. The fourth-order valence-corrected chi connectivity index (χ4v) is 1.60. The van der Waals surface area contributed by atoms with Crippen molar-refractivity contribution in [3.63, 3.8) is 0 Å². The van der Waals surface area contributed by atoms with Crippen LogP contribution in [0.2, 0.25) is 0 Å². The molecule has 0 bridgehead atoms. The zero-order valence-electron chi connectivity index (χ0n) is 8.94. The number of carboxylic acids is 1. The molecule has 1 N–H and O–H groups in total. The summed E-state index contributed by atoms with van der Waals surface area (Å²) in [6.45, 7) is 5.58. The van der Waals surface area contributed by atoms with E-state index >= 15 is 0 Å². The SMILES string of the molecule is C=CCCC(C(=O)O)c1cccc(C)c1. The first kappa shape index (κ1) is 11.5. The first-order valence-electron chi connectivity index (χ1n) is 5.05. The zero-order chi connectivity index (χ0) is 11.3. The van der Waals surface area contributed by atoms with Gasteiger partial charge >= 0.3 is 5.97 Å². The molecule has 80 valence electrons. The van der Waals surface area contributed by atoms with E-state index in [4.69, 9.17) is 5.11 Å². The zero-order valence-corrected chi connectivity index (χ0v) is 8.94. The smallest absolute Gasteiger partial charge is 0.310 e. The van der Waals surface area contributed by atoms with E-state index in [9.17, 15) is 4.79 Å². The summed E-state index contributed by atoms with van der Waals surface area (Å²) in [6.07, 6.45) is 3.10. The highest BCUT2D eigenvalue weighted by Crippen LogP contribution is 2.22. The van der Waals surface area contributed by atoms with Crippen molar-refractivity contribution in [1.82, 2.24) is 0 Å². The third kappa shape index (κ3) is 3.24. The Balaban J connectivity index is 2.88. The van der Waals surface area contributed by atoms with E-state index in [1.165, 1.54) is 0 Å². The van der Waals surface area contributed by atoms with Crippen molar-refractivity contribution in [3.05, 3.63) is 48.0 Å². The van der Waals surface area contributed by atoms with Crippen molar-refractivity contribution in [1.29, 1.82) is 0 Å². The van der Waals surface area contributed by atoms with Gasteiger partial charge in [-0.3, -0.25) is 4.79 Å². The minimum atomic E-state index is -0.762. The highest BCUT2D eigenvalue weighted by Gasteiger charge is 2.18. The molecule has 0 aliphatic carbocycles. The van der Waals surface area contributed by atoms with Crippen LogP contribution >= 0.6 is 0 Å². The largest absolute Gasteiger partial charge is 0.481 e. The average Bonchev–Trinajstić information content (AvgIpc) is 2.18. The lowest BCUT2D eigenvalue weighted by Gasteiger charge is -2.11. The molecule has 1 rings (SSSR count). The molecule has 0 aliphatic rings. The monoisotopic (exact) mass is 204 g/mol. The molecule has 15 heavy (non-hydrogen) atoms. The van der Waals surface area contributed by atoms with Gasteiger partial charge in [-0.05, 0) is 25.3 Å². The Bertz CT molecular complexity index is 355. The van der Waals surface area contributed by atoms with Crippen LogP contribution < -0.4 is 0 Å². The third-order valence-corrected chi connectivity index (χ3v) is 2.40. The van der Waals surface area contributed by atoms with Crippen LogP contribution in [0, 0.1) is 6.92 Å². The molecule has 1 aromatic rings. The number of allylic oxidation sites excluding steroid dienone is 1. The normalized spacial score (nSPS) is 12.1. The van der Waals surface area contributed by atoms with Crippen LogP contribution in [0.1, 0.15) is 29.9 Å². The topological polar surface area (TPSA) is 37.3 Å². The molecule has 0 amide bonds. The molecule has 0 saturated carbocycles. The number of carboxylic acid groups (broad SMARTS) is 1. The van der Waals surface area contributed by atoms with Gasteiger partial charge in [0.05, 0.1) is 5.92 Å². The quantitative estimate of drug-likeness (QED) is 0.748. The number of aliphatic carboxylic acids is 1. The number of carbonyl (C=O) groups is 1. The summed E-state index contributed by atoms with van der Waals surface area (Å²) in [5.74, 6) is -1.18. The van der Waals surface area contributed by atoms with E-state index in [0.717, 1.165) is 17.5 Å². The van der Waals surface area contributed by atoms with Gasteiger partial charge in [-0.1, -0.05) is 35.9 Å². The molecule has 2 nitrogen and oxygen atoms in total. The van der Waals surface area contributed by atoms with Crippen LogP contribution in [0.5, 0.6) is 0 Å². The van der Waals surface area contributed by atoms with Crippen LogP contribution in [0.3, 0.4) is 0 Å². The Hall–Kier alpha value is -1.57. The molecular formula is C13H16O2. The Kier molecular flexibility index (Phi) is 4.10. The fourth-order valence-electron chi connectivity index (χ4n) is 1.60. The summed E-state index contributed by atoms with van der Waals surface area (Å²) in [6, 6.07) is 7.67. The second-order valence-corrected chi connectivity index (χ2v) is 3.67. The van der Waals surface area contributed by atoms with Crippen LogP contribution in [0.15, 0.2) is 36.9 Å². The van der Waals surface area contributed by atoms with E-state index in [2.05, 4.69) is 6.58 Å². The molecule has 1 aromatic carbocycles. The first-order chi connectivity index (χ1) is 7.15. The first-order valence-corrected chi connectivity index (χ1v) is 5.05. The van der Waals surface area contributed by atoms with Gasteiger partial charge < -0.3 is 5.11 Å². The molecule has 0 aliphatic heterocycles. The maximum absolute atomic E-state index is 11.1. The Morgan fingerprint density at radius 3 is 2.87 bits per heavy atom. The number of benzene rings is 1. The number of hydrogen-bond acceptors (Lipinski definition) is 1. The number of aryl methyl sites for hydroxylation is 1. The standard InChI is InChI=1S/C13H16O2/c1-3-4-8-12(13(14)15)11-7-5-6-10(2)9-11/h3,5-7,9,12H,1,4,8H2,2H3,(H,14,15). The maximum Gasteiger partial charge on any atom is 0.310 e. The van der Waals surface area contributed by atoms with Gasteiger partial charge in [-0.25, -0.2) is 0 Å². The van der Waals surface area contributed by atoms with Gasteiger partial charge in [-0.15, -0.1) is 6.58 Å². The molecule has 0 aromatic heterocycles. The van der Waals surface area contributed by atoms with Crippen molar-refractivity contribution in [2.24, 2.45) is 0 Å². The van der Waals surface area contributed by atoms with E-state index in [1.54, 1.807) is 6.08 Å². The van der Waals surface area contributed by atoms with Gasteiger partial charge in [0.1, 0.15) is 0 Å². The highest BCUT2D eigenvalue weighted by atomic mass is 16.4. The van der Waals surface area contributed by atoms with Crippen molar-refractivity contribution >= 4 is 5.97 Å². The lowest BCUT2D eigenvalue weighted by atomic mass is 9.93. The molecule has 0 heterocycles. The number of hydrogen-bond donors (Lipinski definition) is 1. The minimum absolute atomic E-state index is 0.414. The van der Waals surface area contributed by atoms with Gasteiger partial charge in [0.25, 0.3) is 0 Å². The molecule has 0 saturated heterocycles. The third-order valence-electron chi connectivity index (χ3n) is 2.40. The van der Waals surface area contributed by atoms with Crippen molar-refractivity contribution in [2.45, 2.75) is 25.7 Å². The van der Waals surface area contributed by atoms with Crippen LogP contribution in [-0.4, -0.2) is 11.1 Å². The summed E-state index contributed by atoms with van der Waals surface area (Å²) in [4.78, 5) is 11.1. The molecule has 0 fully saturated rings. The van der Waals surface area contributed by atoms with Crippen LogP contribution in [0.25, 0.3) is 0 Å². The lowest BCUT2D eigenvalue weighted by molar-refractivity contribution is -0.138. The minimum Gasteiger partial charge on any atom is -0.481 e. The summed E-state index contributed by atoms with van der Waals surface area (Å²) in [7, 11) is 0. The molecule has 2 heteroatoms. The van der Waals surface area contributed by atoms with Crippen molar-refractivity contribution in [3.8, 4) is 0 Å². The predicted molar refractivity (Wildman–Crippen MR) is 61.0 cm³/mol. The maximum atomic E-state index is 11.1. The average molecular weight is 204 g/mol. The molecule has 0 spiro atoms. The molecule has 1 atom stereocenters. The summed E-state index contributed by atoms with van der Waals surface area (Å²) in [5, 5.41) is 9.11.